The van der Waals surface area contributed by atoms with Gasteiger partial charge in [0.05, 0.1) is 3.79 Å². The number of hydrogen-bond donors (Lipinski definition) is 1. The Hall–Kier alpha value is -0.710. The number of pyridine rings is 1. The first-order valence-electron chi connectivity index (χ1n) is 5.49. The number of halogens is 1. The number of thiophene rings is 1. The van der Waals surface area contributed by atoms with Crippen molar-refractivity contribution in [3.8, 4) is 0 Å². The number of hydrogen-bond acceptors (Lipinski definition) is 3. The van der Waals surface area contributed by atoms with Crippen LogP contribution in [0.25, 0.3) is 0 Å². The van der Waals surface area contributed by atoms with Gasteiger partial charge in [-0.3, -0.25) is 4.98 Å². The molecule has 90 valence electrons. The molecule has 2 aromatic heterocycles. The van der Waals surface area contributed by atoms with Crippen LogP contribution in [0.5, 0.6) is 0 Å². The van der Waals surface area contributed by atoms with Crippen molar-refractivity contribution in [1.82, 2.24) is 4.98 Å². The van der Waals surface area contributed by atoms with Crippen molar-refractivity contribution in [3.05, 3.63) is 49.9 Å². The van der Waals surface area contributed by atoms with Gasteiger partial charge in [-0.1, -0.05) is 6.07 Å². The molecule has 2 nitrogen and oxygen atoms in total. The Morgan fingerprint density at radius 1 is 1.41 bits per heavy atom. The van der Waals surface area contributed by atoms with E-state index in [-0.39, 0.29) is 6.04 Å². The summed E-state index contributed by atoms with van der Waals surface area (Å²) in [5.41, 5.74) is 9.67. The van der Waals surface area contributed by atoms with E-state index in [1.807, 2.05) is 19.2 Å². The summed E-state index contributed by atoms with van der Waals surface area (Å²) in [5.74, 6) is 0. The highest BCUT2D eigenvalue weighted by Gasteiger charge is 2.12. The highest BCUT2D eigenvalue weighted by Crippen LogP contribution is 2.31. The Morgan fingerprint density at radius 2 is 2.18 bits per heavy atom. The lowest BCUT2D eigenvalue weighted by Gasteiger charge is -2.08. The maximum atomic E-state index is 6.20. The molecule has 0 bridgehead atoms. The van der Waals surface area contributed by atoms with Gasteiger partial charge < -0.3 is 5.73 Å². The van der Waals surface area contributed by atoms with E-state index in [1.54, 1.807) is 11.3 Å². The molecule has 2 heterocycles. The first-order chi connectivity index (χ1) is 8.06. The normalized spacial score (nSPS) is 12.7. The number of rotatable bonds is 3. The van der Waals surface area contributed by atoms with Crippen molar-refractivity contribution in [2.75, 3.05) is 0 Å². The van der Waals surface area contributed by atoms with E-state index >= 15 is 0 Å². The van der Waals surface area contributed by atoms with Crippen LogP contribution >= 0.6 is 27.3 Å². The molecule has 0 saturated heterocycles. The van der Waals surface area contributed by atoms with Gasteiger partial charge in [0.2, 0.25) is 0 Å². The number of aryl methyl sites for hydroxylation is 2. The third-order valence-corrected chi connectivity index (χ3v) is 4.91. The van der Waals surface area contributed by atoms with Crippen molar-refractivity contribution < 1.29 is 0 Å². The van der Waals surface area contributed by atoms with Crippen LogP contribution in [0, 0.1) is 13.8 Å². The molecule has 0 amide bonds. The molecular weight excluding hydrogens is 296 g/mol. The van der Waals surface area contributed by atoms with E-state index < -0.39 is 0 Å². The summed E-state index contributed by atoms with van der Waals surface area (Å²) in [5, 5.41) is 0. The third-order valence-electron chi connectivity index (χ3n) is 2.64. The van der Waals surface area contributed by atoms with Gasteiger partial charge in [0.15, 0.2) is 0 Å². The second-order valence-corrected chi connectivity index (χ2v) is 6.64. The van der Waals surface area contributed by atoms with Crippen molar-refractivity contribution in [3.63, 3.8) is 0 Å². The molecule has 0 aliphatic carbocycles. The van der Waals surface area contributed by atoms with Gasteiger partial charge in [-0.25, -0.2) is 0 Å². The van der Waals surface area contributed by atoms with E-state index in [0.717, 1.165) is 12.1 Å². The van der Waals surface area contributed by atoms with Gasteiger partial charge >= 0.3 is 0 Å². The van der Waals surface area contributed by atoms with Crippen LogP contribution in [0.1, 0.15) is 27.7 Å². The Balaban J connectivity index is 2.11. The minimum absolute atomic E-state index is 0.0280. The van der Waals surface area contributed by atoms with Crippen LogP contribution in [-0.2, 0) is 6.42 Å². The molecule has 0 spiro atoms. The Bertz CT molecular complexity index is 485. The summed E-state index contributed by atoms with van der Waals surface area (Å²) in [6, 6.07) is 6.29. The maximum absolute atomic E-state index is 6.20. The Labute approximate surface area is 114 Å². The average Bonchev–Trinajstić information content (AvgIpc) is 2.63. The largest absolute Gasteiger partial charge is 0.323 e. The number of aromatic nitrogens is 1. The van der Waals surface area contributed by atoms with Gasteiger partial charge in [0.1, 0.15) is 0 Å². The zero-order valence-electron chi connectivity index (χ0n) is 9.90. The zero-order chi connectivity index (χ0) is 12.4. The van der Waals surface area contributed by atoms with E-state index in [9.17, 15) is 0 Å². The molecule has 2 aromatic rings. The van der Waals surface area contributed by atoms with Crippen molar-refractivity contribution >= 4 is 27.3 Å². The molecule has 1 atom stereocenters. The minimum Gasteiger partial charge on any atom is -0.323 e. The topological polar surface area (TPSA) is 38.9 Å². The van der Waals surface area contributed by atoms with Crippen LogP contribution in [0.15, 0.2) is 28.2 Å². The SMILES string of the molecule is Cc1ccc(CC(N)c2cc(C)c(Br)s2)nc1. The molecule has 17 heavy (non-hydrogen) atoms. The first-order valence-corrected chi connectivity index (χ1v) is 7.10. The lowest BCUT2D eigenvalue weighted by Crippen LogP contribution is -2.12. The van der Waals surface area contributed by atoms with E-state index in [1.165, 1.54) is 19.8 Å². The summed E-state index contributed by atoms with van der Waals surface area (Å²) in [7, 11) is 0. The smallest absolute Gasteiger partial charge is 0.0731 e. The maximum Gasteiger partial charge on any atom is 0.0731 e. The number of nitrogens with zero attached hydrogens (tertiary/aromatic N) is 1. The summed E-state index contributed by atoms with van der Waals surface area (Å²) >= 11 is 5.24. The molecule has 2 N–H and O–H groups in total. The predicted molar refractivity (Wildman–Crippen MR) is 76.4 cm³/mol. The Kier molecular flexibility index (Phi) is 3.97. The predicted octanol–water partition coefficient (Wildman–Crippen LogP) is 3.76. The summed E-state index contributed by atoms with van der Waals surface area (Å²) in [6.07, 6.45) is 2.67. The van der Waals surface area contributed by atoms with Crippen LogP contribution in [0.2, 0.25) is 0 Å². The second kappa shape index (κ2) is 5.29. The molecule has 0 aliphatic heterocycles. The molecule has 0 radical (unpaired) electrons. The molecular formula is C13H15BrN2S. The molecule has 0 aromatic carbocycles. The van der Waals surface area contributed by atoms with Crippen LogP contribution < -0.4 is 5.73 Å². The van der Waals surface area contributed by atoms with E-state index in [2.05, 4.69) is 40.0 Å². The van der Waals surface area contributed by atoms with Gasteiger partial charge in [0.25, 0.3) is 0 Å². The summed E-state index contributed by atoms with van der Waals surface area (Å²) < 4.78 is 1.17. The molecule has 2 rings (SSSR count). The van der Waals surface area contributed by atoms with Crippen LogP contribution in [-0.4, -0.2) is 4.98 Å². The fourth-order valence-corrected chi connectivity index (χ4v) is 3.18. The van der Waals surface area contributed by atoms with E-state index in [4.69, 9.17) is 5.73 Å². The fourth-order valence-electron chi connectivity index (χ4n) is 1.61. The highest BCUT2D eigenvalue weighted by atomic mass is 79.9. The molecule has 0 saturated carbocycles. The van der Waals surface area contributed by atoms with E-state index in [0.29, 0.717) is 0 Å². The van der Waals surface area contributed by atoms with Gasteiger partial charge in [-0.2, -0.15) is 0 Å². The van der Waals surface area contributed by atoms with Crippen molar-refractivity contribution in [2.24, 2.45) is 5.73 Å². The van der Waals surface area contributed by atoms with Crippen molar-refractivity contribution in [2.45, 2.75) is 26.3 Å². The average molecular weight is 311 g/mol. The Morgan fingerprint density at radius 3 is 2.71 bits per heavy atom. The fraction of sp³-hybridized carbons (Fsp3) is 0.308. The molecule has 0 fully saturated rings. The lowest BCUT2D eigenvalue weighted by molar-refractivity contribution is 0.719. The molecule has 0 aliphatic rings. The monoisotopic (exact) mass is 310 g/mol. The molecule has 4 heteroatoms. The van der Waals surface area contributed by atoms with Gasteiger partial charge in [-0.15, -0.1) is 11.3 Å². The van der Waals surface area contributed by atoms with Gasteiger partial charge in [0, 0.05) is 29.2 Å². The first kappa shape index (κ1) is 12.7. The summed E-state index contributed by atoms with van der Waals surface area (Å²) in [4.78, 5) is 5.59. The second-order valence-electron chi connectivity index (χ2n) is 4.24. The van der Waals surface area contributed by atoms with Gasteiger partial charge in [-0.05, 0) is 53.0 Å². The van der Waals surface area contributed by atoms with Crippen LogP contribution in [0.4, 0.5) is 0 Å². The minimum atomic E-state index is 0.0280. The van der Waals surface area contributed by atoms with Crippen molar-refractivity contribution in [1.29, 1.82) is 0 Å². The summed E-state index contributed by atoms with van der Waals surface area (Å²) in [6.45, 7) is 4.12. The molecule has 1 unspecified atom stereocenters. The lowest BCUT2D eigenvalue weighted by atomic mass is 10.1. The van der Waals surface area contributed by atoms with Crippen LogP contribution in [0.3, 0.4) is 0 Å². The quantitative estimate of drug-likeness (QED) is 0.937. The standard InChI is InChI=1S/C13H15BrN2S/c1-8-3-4-10(16-7-8)6-11(15)12-5-9(2)13(14)17-12/h3-5,7,11H,6,15H2,1-2H3. The third kappa shape index (κ3) is 3.15. The highest BCUT2D eigenvalue weighted by molar-refractivity contribution is 9.11. The zero-order valence-corrected chi connectivity index (χ0v) is 12.3. The number of nitrogens with two attached hydrogens (primary N) is 1.